The average molecular weight is 583 g/mol. The van der Waals surface area contributed by atoms with E-state index in [4.69, 9.17) is 21.3 Å². The maximum Gasteiger partial charge on any atom is 0.319 e. The zero-order chi connectivity index (χ0) is 28.3. The number of nitrogens with one attached hydrogen (secondary N) is 1. The first-order valence-electron chi connectivity index (χ1n) is 14.1. The zero-order valence-corrected chi connectivity index (χ0v) is 23.4. The van der Waals surface area contributed by atoms with Gasteiger partial charge in [-0.2, -0.15) is 15.1 Å². The van der Waals surface area contributed by atoms with Crippen molar-refractivity contribution < 1.29 is 17.9 Å². The molecule has 11 heteroatoms. The molecule has 2 saturated heterocycles. The van der Waals surface area contributed by atoms with E-state index in [1.165, 1.54) is 12.3 Å². The fourth-order valence-corrected chi connectivity index (χ4v) is 7.13. The van der Waals surface area contributed by atoms with Gasteiger partial charge in [-0.1, -0.05) is 23.8 Å². The average Bonchev–Trinajstić information content (AvgIpc) is 3.56. The van der Waals surface area contributed by atoms with Crippen LogP contribution in [0.1, 0.15) is 37.7 Å². The van der Waals surface area contributed by atoms with Crippen molar-refractivity contribution in [2.45, 2.75) is 50.7 Å². The van der Waals surface area contributed by atoms with Gasteiger partial charge in [-0.05, 0) is 56.8 Å². The molecule has 2 fully saturated rings. The Bertz CT molecular complexity index is 1680. The number of rotatable bonds is 5. The van der Waals surface area contributed by atoms with Crippen LogP contribution in [0.25, 0.3) is 32.9 Å². The summed E-state index contributed by atoms with van der Waals surface area (Å²) in [7, 11) is 0. The minimum atomic E-state index is -0.895. The molecule has 0 spiro atoms. The fourth-order valence-electron chi connectivity index (χ4n) is 6.85. The lowest BCUT2D eigenvalue weighted by Crippen LogP contribution is -2.43. The molecule has 2 unspecified atom stereocenters. The molecule has 0 amide bonds. The summed E-state index contributed by atoms with van der Waals surface area (Å²) in [5.41, 5.74) is 0.696. The number of aromatic amines is 1. The van der Waals surface area contributed by atoms with Gasteiger partial charge in [-0.3, -0.25) is 10.00 Å². The van der Waals surface area contributed by atoms with Crippen LogP contribution in [0.5, 0.6) is 6.01 Å². The van der Waals surface area contributed by atoms with Crippen LogP contribution >= 0.6 is 11.6 Å². The molecular formula is C30H30ClF3N6O. The monoisotopic (exact) mass is 582 g/mol. The molecule has 0 saturated carbocycles. The highest BCUT2D eigenvalue weighted by Gasteiger charge is 2.49. The van der Waals surface area contributed by atoms with E-state index in [1.54, 1.807) is 13.0 Å². The van der Waals surface area contributed by atoms with Gasteiger partial charge < -0.3 is 9.64 Å². The van der Waals surface area contributed by atoms with E-state index in [9.17, 15) is 8.78 Å². The summed E-state index contributed by atoms with van der Waals surface area (Å²) in [4.78, 5) is 13.6. The lowest BCUT2D eigenvalue weighted by molar-refractivity contribution is 0.107. The van der Waals surface area contributed by atoms with Gasteiger partial charge in [-0.25, -0.2) is 13.2 Å². The quantitative estimate of drug-likeness (QED) is 0.270. The van der Waals surface area contributed by atoms with E-state index < -0.39 is 23.3 Å². The normalized spacial score (nSPS) is 23.0. The van der Waals surface area contributed by atoms with Crippen molar-refractivity contribution in [1.29, 1.82) is 0 Å². The van der Waals surface area contributed by atoms with E-state index in [1.807, 2.05) is 0 Å². The molecule has 7 rings (SSSR count). The van der Waals surface area contributed by atoms with Crippen LogP contribution in [0.15, 0.2) is 30.5 Å². The van der Waals surface area contributed by atoms with E-state index in [2.05, 4.69) is 37.1 Å². The third kappa shape index (κ3) is 4.43. The van der Waals surface area contributed by atoms with Crippen molar-refractivity contribution >= 4 is 39.2 Å². The molecule has 1 N–H and O–H groups in total. The van der Waals surface area contributed by atoms with Crippen LogP contribution in [0.4, 0.5) is 19.0 Å². The standard InChI is InChI=1S/C30H30ClF3N6O/c1-17-22(33)12-23-20(14-35-38-23)24(17)25-21(31)11-19-27(26(25)34)36-29(37-28(19)39-8-4-2-3-5-9-39)41-16-30-7-6-10-40(30)15-18(32)13-30/h2-3,11-12,14,18H,4-10,13,15-16H2,1H3,(H,35,38). The summed E-state index contributed by atoms with van der Waals surface area (Å²) >= 11 is 6.79. The Hall–Kier alpha value is -3.37. The van der Waals surface area contributed by atoms with Gasteiger partial charge in [0.05, 0.1) is 22.3 Å². The highest BCUT2D eigenvalue weighted by Crippen LogP contribution is 2.44. The first kappa shape index (κ1) is 26.5. The molecule has 4 aromatic rings. The van der Waals surface area contributed by atoms with Gasteiger partial charge in [0, 0.05) is 48.0 Å². The van der Waals surface area contributed by atoms with Gasteiger partial charge in [0.15, 0.2) is 5.82 Å². The van der Waals surface area contributed by atoms with Crippen LogP contribution in [0.2, 0.25) is 5.02 Å². The smallest absolute Gasteiger partial charge is 0.319 e. The lowest BCUT2D eigenvalue weighted by atomic mass is 9.94. The Kier molecular flexibility index (Phi) is 6.58. The highest BCUT2D eigenvalue weighted by molar-refractivity contribution is 6.35. The summed E-state index contributed by atoms with van der Waals surface area (Å²) in [6, 6.07) is 3.03. The van der Waals surface area contributed by atoms with E-state index in [0.717, 1.165) is 32.2 Å². The Labute approximate surface area is 240 Å². The van der Waals surface area contributed by atoms with Crippen molar-refractivity contribution in [3.63, 3.8) is 0 Å². The predicted octanol–water partition coefficient (Wildman–Crippen LogP) is 6.52. The van der Waals surface area contributed by atoms with E-state index >= 15 is 4.39 Å². The summed E-state index contributed by atoms with van der Waals surface area (Å²) in [6.07, 6.45) is 8.72. The van der Waals surface area contributed by atoms with Gasteiger partial charge in [0.25, 0.3) is 0 Å². The number of hydrogen-bond donors (Lipinski definition) is 1. The van der Waals surface area contributed by atoms with Crippen LogP contribution in [0, 0.1) is 18.6 Å². The molecule has 2 aromatic heterocycles. The summed E-state index contributed by atoms with van der Waals surface area (Å²) in [5.74, 6) is -0.656. The molecular weight excluding hydrogens is 553 g/mol. The molecule has 0 bridgehead atoms. The summed E-state index contributed by atoms with van der Waals surface area (Å²) < 4.78 is 52.2. The van der Waals surface area contributed by atoms with Crippen molar-refractivity contribution in [1.82, 2.24) is 25.1 Å². The molecule has 3 aliphatic heterocycles. The van der Waals surface area contributed by atoms with Crippen molar-refractivity contribution in [2.75, 3.05) is 37.7 Å². The molecule has 0 aliphatic carbocycles. The molecule has 2 atom stereocenters. The minimum absolute atomic E-state index is 0.0323. The second-order valence-corrected chi connectivity index (χ2v) is 11.8. The highest BCUT2D eigenvalue weighted by atomic mass is 35.5. The van der Waals surface area contributed by atoms with Crippen molar-refractivity contribution in [3.05, 3.63) is 52.7 Å². The van der Waals surface area contributed by atoms with Crippen LogP contribution in [-0.2, 0) is 0 Å². The number of benzene rings is 2. The van der Waals surface area contributed by atoms with Crippen LogP contribution in [0.3, 0.4) is 0 Å². The number of aromatic nitrogens is 4. The largest absolute Gasteiger partial charge is 0.461 e. The Morgan fingerprint density at radius 3 is 2.71 bits per heavy atom. The fraction of sp³-hybridized carbons (Fsp3) is 0.433. The lowest BCUT2D eigenvalue weighted by Gasteiger charge is -2.31. The minimum Gasteiger partial charge on any atom is -0.461 e. The number of alkyl halides is 1. The van der Waals surface area contributed by atoms with E-state index in [-0.39, 0.29) is 34.3 Å². The Morgan fingerprint density at radius 2 is 1.90 bits per heavy atom. The second-order valence-electron chi connectivity index (χ2n) is 11.4. The number of halogens is 4. The maximum atomic E-state index is 16.7. The Balaban J connectivity index is 1.38. The van der Waals surface area contributed by atoms with Crippen LogP contribution in [-0.4, -0.2) is 69.6 Å². The molecule has 7 nitrogen and oxygen atoms in total. The zero-order valence-electron chi connectivity index (χ0n) is 22.7. The van der Waals surface area contributed by atoms with Crippen molar-refractivity contribution in [2.24, 2.45) is 0 Å². The van der Waals surface area contributed by atoms with Crippen molar-refractivity contribution in [3.8, 4) is 17.1 Å². The number of fused-ring (bicyclic) bond motifs is 3. The number of nitrogens with zero attached hydrogens (tertiary/aromatic N) is 5. The van der Waals surface area contributed by atoms with Gasteiger partial charge >= 0.3 is 6.01 Å². The van der Waals surface area contributed by atoms with Gasteiger partial charge in [0.2, 0.25) is 0 Å². The Morgan fingerprint density at radius 1 is 1.10 bits per heavy atom. The number of anilines is 1. The van der Waals surface area contributed by atoms with Gasteiger partial charge in [0.1, 0.15) is 29.9 Å². The molecule has 2 aromatic carbocycles. The molecule has 41 heavy (non-hydrogen) atoms. The first-order chi connectivity index (χ1) is 19.8. The predicted molar refractivity (Wildman–Crippen MR) is 153 cm³/mol. The third-order valence-corrected chi connectivity index (χ3v) is 9.16. The molecule has 3 aliphatic rings. The second kappa shape index (κ2) is 10.2. The number of hydrogen-bond acceptors (Lipinski definition) is 6. The number of H-pyrrole nitrogens is 1. The SMILES string of the molecule is Cc1c(F)cc2[nH]ncc2c1-c1c(Cl)cc2c(N3CCC=CCC3)nc(OCC34CCCN3CC(F)C4)nc2c1F. The summed E-state index contributed by atoms with van der Waals surface area (Å²) in [6.45, 7) is 4.42. The topological polar surface area (TPSA) is 70.2 Å². The van der Waals surface area contributed by atoms with E-state index in [0.29, 0.717) is 53.7 Å². The maximum absolute atomic E-state index is 16.7. The summed E-state index contributed by atoms with van der Waals surface area (Å²) in [5, 5.41) is 7.92. The molecule has 5 heterocycles. The van der Waals surface area contributed by atoms with Gasteiger partial charge in [-0.15, -0.1) is 0 Å². The van der Waals surface area contributed by atoms with Crippen LogP contribution < -0.4 is 9.64 Å². The third-order valence-electron chi connectivity index (χ3n) is 8.86. The first-order valence-corrected chi connectivity index (χ1v) is 14.5. The molecule has 0 radical (unpaired) electrons. The number of ether oxygens (including phenoxy) is 1. The molecule has 214 valence electrons.